The number of amides is 2. The molecule has 3 heterocycles. The van der Waals surface area contributed by atoms with Crippen LogP contribution in [0.15, 0.2) is 22.7 Å². The van der Waals surface area contributed by atoms with E-state index in [2.05, 4.69) is 15.5 Å². The Kier molecular flexibility index (Phi) is 3.87. The highest BCUT2D eigenvalue weighted by Gasteiger charge is 2.34. The van der Waals surface area contributed by atoms with Crippen molar-refractivity contribution in [2.75, 3.05) is 18.5 Å². The van der Waals surface area contributed by atoms with Crippen LogP contribution in [0.3, 0.4) is 0 Å². The van der Waals surface area contributed by atoms with Crippen LogP contribution in [0.4, 0.5) is 5.69 Å². The molecule has 0 spiro atoms. The number of ether oxygens (including phenoxy) is 1. The lowest BCUT2D eigenvalue weighted by Gasteiger charge is -2.23. The molecule has 2 aromatic rings. The third kappa shape index (κ3) is 2.84. The first-order valence-corrected chi connectivity index (χ1v) is 8.36. The number of carbonyl (C=O) groups excluding carboxylic acids is 2. The number of carbonyl (C=O) groups is 2. The summed E-state index contributed by atoms with van der Waals surface area (Å²) in [6.45, 7) is 2.55. The van der Waals surface area contributed by atoms with Gasteiger partial charge in [0.2, 0.25) is 5.89 Å². The molecule has 1 aromatic carbocycles. The Morgan fingerprint density at radius 3 is 3.12 bits per heavy atom. The molecule has 1 fully saturated rings. The second-order valence-electron chi connectivity index (χ2n) is 6.10. The smallest absolute Gasteiger partial charge is 0.262 e. The minimum absolute atomic E-state index is 0.0420. The van der Waals surface area contributed by atoms with E-state index in [1.165, 1.54) is 0 Å². The first kappa shape index (κ1) is 15.6. The normalized spacial score (nSPS) is 19.3. The van der Waals surface area contributed by atoms with Crippen LogP contribution in [-0.4, -0.2) is 40.0 Å². The highest BCUT2D eigenvalue weighted by atomic mass is 16.5. The molecule has 1 saturated heterocycles. The molecule has 0 unspecified atom stereocenters. The maximum Gasteiger partial charge on any atom is 0.262 e. The highest BCUT2D eigenvalue weighted by molar-refractivity contribution is 5.99. The quantitative estimate of drug-likeness (QED) is 0.915. The molecule has 25 heavy (non-hydrogen) atoms. The van der Waals surface area contributed by atoms with Crippen molar-refractivity contribution in [2.24, 2.45) is 0 Å². The molecule has 1 N–H and O–H groups in total. The van der Waals surface area contributed by atoms with Crippen molar-refractivity contribution in [3.63, 3.8) is 0 Å². The summed E-state index contributed by atoms with van der Waals surface area (Å²) in [4.78, 5) is 30.4. The van der Waals surface area contributed by atoms with Gasteiger partial charge in [0.05, 0.1) is 11.7 Å². The van der Waals surface area contributed by atoms with Gasteiger partial charge in [0.25, 0.3) is 11.8 Å². The van der Waals surface area contributed by atoms with Crippen molar-refractivity contribution in [1.82, 2.24) is 15.0 Å². The number of nitrogens with one attached hydrogen (secondary N) is 1. The molecule has 1 aromatic heterocycles. The van der Waals surface area contributed by atoms with Crippen LogP contribution in [0, 0.1) is 0 Å². The van der Waals surface area contributed by atoms with E-state index in [-0.39, 0.29) is 24.5 Å². The number of likely N-dealkylation sites (tertiary alicyclic amines) is 1. The lowest BCUT2D eigenvalue weighted by Crippen LogP contribution is -2.31. The van der Waals surface area contributed by atoms with E-state index in [0.29, 0.717) is 41.7 Å². The first-order valence-electron chi connectivity index (χ1n) is 8.36. The molecule has 0 radical (unpaired) electrons. The molecule has 4 rings (SSSR count). The molecule has 2 aliphatic rings. The third-order valence-corrected chi connectivity index (χ3v) is 4.46. The van der Waals surface area contributed by atoms with Gasteiger partial charge in [0, 0.05) is 18.5 Å². The molecule has 0 aliphatic carbocycles. The largest absolute Gasteiger partial charge is 0.482 e. The van der Waals surface area contributed by atoms with Crippen molar-refractivity contribution in [2.45, 2.75) is 32.2 Å². The Bertz CT molecular complexity index is 832. The van der Waals surface area contributed by atoms with Crippen LogP contribution in [0.25, 0.3) is 0 Å². The van der Waals surface area contributed by atoms with Crippen molar-refractivity contribution in [3.8, 4) is 5.75 Å². The zero-order valence-electron chi connectivity index (χ0n) is 13.8. The highest BCUT2D eigenvalue weighted by Crippen LogP contribution is 2.34. The fourth-order valence-corrected chi connectivity index (χ4v) is 3.20. The minimum Gasteiger partial charge on any atom is -0.482 e. The van der Waals surface area contributed by atoms with Crippen LogP contribution in [0.1, 0.15) is 47.9 Å². The Hall–Kier alpha value is -2.90. The molecule has 0 bridgehead atoms. The van der Waals surface area contributed by atoms with Gasteiger partial charge < -0.3 is 19.5 Å². The summed E-state index contributed by atoms with van der Waals surface area (Å²) in [5, 5.41) is 6.74. The topological polar surface area (TPSA) is 97.6 Å². The summed E-state index contributed by atoms with van der Waals surface area (Å²) < 4.78 is 10.6. The zero-order valence-corrected chi connectivity index (χ0v) is 13.8. The predicted molar refractivity (Wildman–Crippen MR) is 87.3 cm³/mol. The number of anilines is 1. The van der Waals surface area contributed by atoms with Crippen LogP contribution in [-0.2, 0) is 11.2 Å². The van der Waals surface area contributed by atoms with Gasteiger partial charge in [-0.1, -0.05) is 12.1 Å². The van der Waals surface area contributed by atoms with Crippen molar-refractivity contribution >= 4 is 17.5 Å². The van der Waals surface area contributed by atoms with E-state index in [4.69, 9.17) is 9.26 Å². The molecule has 8 nitrogen and oxygen atoms in total. The van der Waals surface area contributed by atoms with Gasteiger partial charge >= 0.3 is 0 Å². The molecular weight excluding hydrogens is 324 g/mol. The maximum atomic E-state index is 13.0. The number of aromatic nitrogens is 2. The summed E-state index contributed by atoms with van der Waals surface area (Å²) in [5.74, 6) is 1.34. The van der Waals surface area contributed by atoms with Gasteiger partial charge in [-0.05, 0) is 31.0 Å². The van der Waals surface area contributed by atoms with E-state index < -0.39 is 0 Å². The van der Waals surface area contributed by atoms with Gasteiger partial charge in [-0.15, -0.1) is 0 Å². The maximum absolute atomic E-state index is 13.0. The molecular formula is C17H18N4O4. The molecule has 8 heteroatoms. The van der Waals surface area contributed by atoms with E-state index in [0.717, 1.165) is 12.8 Å². The number of fused-ring (bicyclic) bond motifs is 1. The number of rotatable bonds is 3. The van der Waals surface area contributed by atoms with Gasteiger partial charge in [-0.2, -0.15) is 4.98 Å². The molecule has 2 aliphatic heterocycles. The molecule has 0 saturated carbocycles. The average molecular weight is 342 g/mol. The third-order valence-electron chi connectivity index (χ3n) is 4.46. The van der Waals surface area contributed by atoms with Crippen LogP contribution in [0.2, 0.25) is 0 Å². The Balaban J connectivity index is 1.58. The molecule has 130 valence electrons. The fraction of sp³-hybridized carbons (Fsp3) is 0.412. The number of hydrogen-bond acceptors (Lipinski definition) is 6. The van der Waals surface area contributed by atoms with Gasteiger partial charge in [-0.3, -0.25) is 9.59 Å². The van der Waals surface area contributed by atoms with Crippen molar-refractivity contribution < 1.29 is 18.8 Å². The second kappa shape index (κ2) is 6.19. The molecule has 2 amide bonds. The van der Waals surface area contributed by atoms with E-state index in [1.54, 1.807) is 23.1 Å². The number of nitrogens with zero attached hydrogens (tertiary/aromatic N) is 3. The lowest BCUT2D eigenvalue weighted by molar-refractivity contribution is -0.118. The summed E-state index contributed by atoms with van der Waals surface area (Å²) in [6, 6.07) is 4.88. The number of hydrogen-bond donors (Lipinski definition) is 1. The summed E-state index contributed by atoms with van der Waals surface area (Å²) >= 11 is 0. The fourth-order valence-electron chi connectivity index (χ4n) is 3.20. The molecule has 1 atom stereocenters. The standard InChI is InChI=1S/C17H18N4O4/c1-2-15-19-16(20-25-15)12-4-3-7-21(12)17(23)10-5-6-11-13(8-10)24-9-14(22)18-11/h5-6,8,12H,2-4,7,9H2,1H3,(H,18,22)/t12-/m1/s1. The van der Waals surface area contributed by atoms with E-state index in [1.807, 2.05) is 6.92 Å². The van der Waals surface area contributed by atoms with Gasteiger partial charge in [-0.25, -0.2) is 0 Å². The van der Waals surface area contributed by atoms with Crippen LogP contribution in [0.5, 0.6) is 5.75 Å². The Morgan fingerprint density at radius 2 is 2.32 bits per heavy atom. The van der Waals surface area contributed by atoms with E-state index in [9.17, 15) is 9.59 Å². The van der Waals surface area contributed by atoms with Crippen molar-refractivity contribution in [1.29, 1.82) is 0 Å². The Morgan fingerprint density at radius 1 is 1.44 bits per heavy atom. The first-order chi connectivity index (χ1) is 12.2. The Labute approximate surface area is 144 Å². The SMILES string of the molecule is CCc1nc([C@H]2CCCN2C(=O)c2ccc3c(c2)OCC(=O)N3)no1. The van der Waals surface area contributed by atoms with Crippen LogP contribution < -0.4 is 10.1 Å². The van der Waals surface area contributed by atoms with Crippen LogP contribution >= 0.6 is 0 Å². The lowest BCUT2D eigenvalue weighted by atomic mass is 10.1. The summed E-state index contributed by atoms with van der Waals surface area (Å²) in [7, 11) is 0. The zero-order chi connectivity index (χ0) is 17.4. The number of benzene rings is 1. The minimum atomic E-state index is -0.199. The predicted octanol–water partition coefficient (Wildman–Crippen LogP) is 1.94. The summed E-state index contributed by atoms with van der Waals surface area (Å²) in [6.07, 6.45) is 2.37. The van der Waals surface area contributed by atoms with E-state index >= 15 is 0 Å². The van der Waals surface area contributed by atoms with Crippen molar-refractivity contribution in [3.05, 3.63) is 35.5 Å². The monoisotopic (exact) mass is 342 g/mol. The van der Waals surface area contributed by atoms with Gasteiger partial charge in [0.1, 0.15) is 5.75 Å². The number of aryl methyl sites for hydroxylation is 1. The summed E-state index contributed by atoms with van der Waals surface area (Å²) in [5.41, 5.74) is 1.09. The van der Waals surface area contributed by atoms with Gasteiger partial charge in [0.15, 0.2) is 12.4 Å². The average Bonchev–Trinajstić information content (AvgIpc) is 3.29. The second-order valence-corrected chi connectivity index (χ2v) is 6.10.